The van der Waals surface area contributed by atoms with Gasteiger partial charge in [-0.2, -0.15) is 0 Å². The minimum atomic E-state index is -5.22. The highest BCUT2D eigenvalue weighted by Gasteiger charge is 2.19. The zero-order valence-electron chi connectivity index (χ0n) is 133. The normalized spacial score (nSPS) is 23.7. The molecule has 0 unspecified atom stereocenters. The molecule has 12 N–H and O–H groups in total. The zero-order valence-corrected chi connectivity index (χ0v) is 69.1. The predicted molar refractivity (Wildman–Crippen MR) is 493 cm³/mol. The van der Waals surface area contributed by atoms with E-state index >= 15 is 0 Å². The Morgan fingerprint density at radius 3 is 0.817 bits per heavy atom. The monoisotopic (exact) mass is 1840 g/mol. The van der Waals surface area contributed by atoms with Gasteiger partial charge in [0.05, 0.1) is 42.5 Å². The molecule has 120 heavy (non-hydrogen) atoms. The topological polar surface area (TPSA) is 391 Å². The molecule has 0 radical (unpaired) electrons. The first-order valence-corrected chi connectivity index (χ1v) is 42.0. The standard InChI is InChI=1S/6C14H21N3O2S/c6*1-15-20(18,19)10-11-4-5-14-13(8-11)12(9-16-14)6-7-17(2)3/h6*4-5,8-9,15-16H,6-7,10H2,1-3H3/i1D3,2D3,3D3,6D2,7D2,9D,10D2;1D3,2D3,6D2,7D2,9D,10D2;2D3,3D3,6D2,9D,10D2;1D3,6D2,7D2,9D,10D2;2D3,6D2,9D,10D2;6D2,9D,10D2/hD6. The summed E-state index contributed by atoms with van der Waals surface area (Å²) in [4.78, 5) is 12.0. The van der Waals surface area contributed by atoms with E-state index in [-0.39, 0.29) is 107 Å². The maximum absolute atomic E-state index is 12.4. The second kappa shape index (κ2) is 45.2. The Labute approximate surface area is 808 Å². The number of H-pyrrole nitrogens is 6. The molecule has 0 aliphatic rings. The Bertz CT molecular complexity index is 9340. The number of rotatable bonds is 36. The van der Waals surface area contributed by atoms with Gasteiger partial charge >= 0.3 is 0 Å². The van der Waals surface area contributed by atoms with Crippen molar-refractivity contribution in [2.45, 2.75) is 72.5 Å². The summed E-state index contributed by atoms with van der Waals surface area (Å²) in [5.41, 5.74) is -25.1. The van der Waals surface area contributed by atoms with E-state index in [1.54, 1.807) is 19.0 Å². The van der Waals surface area contributed by atoms with Gasteiger partial charge in [-0.1, -0.05) is 36.4 Å². The fourth-order valence-corrected chi connectivity index (χ4v) is 12.4. The fourth-order valence-electron chi connectivity index (χ4n) is 9.42. The lowest BCUT2D eigenvalue weighted by Crippen LogP contribution is -2.20. The van der Waals surface area contributed by atoms with Crippen LogP contribution < -0.4 is 28.3 Å². The van der Waals surface area contributed by atoms with Crippen LogP contribution in [0.25, 0.3) is 65.4 Å². The molecule has 12 rings (SSSR count). The average molecular weight is 1840 g/mol. The second-order valence-electron chi connectivity index (χ2n) is 24.3. The van der Waals surface area contributed by atoms with Gasteiger partial charge in [0.15, 0.2) is 4.24 Å². The zero-order chi connectivity index (χ0) is 148. The van der Waals surface area contributed by atoms with Crippen LogP contribution in [0.15, 0.2) is 146 Å². The van der Waals surface area contributed by atoms with E-state index in [0.717, 1.165) is 128 Å². The highest BCUT2D eigenvalue weighted by Crippen LogP contribution is 2.28. The van der Waals surface area contributed by atoms with Gasteiger partial charge in [-0.15, -0.1) is 0 Å². The van der Waals surface area contributed by atoms with Crippen molar-refractivity contribution < 1.29 is 145 Å². The molecule has 0 fully saturated rings. The van der Waals surface area contributed by atoms with Crippen molar-refractivity contribution in [1.82, 2.24) is 87.6 Å². The Hall–Kier alpha value is -8.22. The number of aryl methyl sites for hydroxylation is 3. The number of likely N-dealkylation sites (N-methyl/N-ethyl adjacent to an activating group) is 6. The van der Waals surface area contributed by atoms with Crippen LogP contribution in [0, 0.1) is 0 Å². The van der Waals surface area contributed by atoms with E-state index in [9.17, 15) is 50.5 Å². The first kappa shape index (κ1) is 39.3. The lowest BCUT2D eigenvalue weighted by molar-refractivity contribution is 0.414. The molecule has 0 atom stereocenters. The maximum atomic E-state index is 12.4. The molecule has 0 aliphatic carbocycles. The number of benzene rings is 6. The van der Waals surface area contributed by atoms with Crippen LogP contribution in [0.1, 0.15) is 153 Å². The summed E-state index contributed by atoms with van der Waals surface area (Å²) >= 11 is 0. The summed E-state index contributed by atoms with van der Waals surface area (Å²) in [6.45, 7) is -40.6. The molecule has 0 saturated carbocycles. The SMILES string of the molecule is [2H]c1[nH]c2ccc(C([2H])([2H])S(=O)(=O)NC([2H])([2H])[2H])cc2c1C([2H])([2H])C([2H])([2H])N(C([2H])([2H])[2H])C([2H])([2H])[2H].[2H]c1[nH]c2ccc(C([2H])([2H])S(=O)(=O)NC([2H])([2H])[2H])cc2c1C([2H])([2H])C([2H])([2H])N(C)C.[2H]c1[nH]c2ccc(C([2H])([2H])S(=O)(=O)NC([2H])([2H])[2H])cc2c1C([2H])([2H])C([2H])([2H])N(C)C([2H])([2H])[2H].[2H]c1c(C([2H])([2H])CN(C([2H])([2H])[2H])C([2H])([2H])[2H])c2cc(C([2H])([2H])S(=O)(=O)N([2H])C)ccc2n1[2H].[2H]c1c(C([2H])([2H])CN(C)C([2H])([2H])[2H])c2cc(C([2H])([2H])S(=O)(=O)N([2H])C)ccc2n1[2H].[2H]c1c(C([2H])([2H])CN(C)C)c2cc(C([2H])([2H])S(=O)(=O)N([2H])C)ccc2n1[2H]. The van der Waals surface area contributed by atoms with Crippen molar-refractivity contribution in [2.75, 3.05) is 165 Å². The fraction of sp³-hybridized carbons (Fsp3) is 0.429. The van der Waals surface area contributed by atoms with E-state index < -0.39 is 325 Å². The molecule has 0 saturated heterocycles. The van der Waals surface area contributed by atoms with Crippen LogP contribution in [-0.2, 0) is 133 Å². The molecule has 0 spiro atoms. The molecular weight excluding hydrogens is 1650 g/mol. The minimum absolute atomic E-state index is 0.0196. The van der Waals surface area contributed by atoms with Crippen LogP contribution in [0.2, 0.25) is 8.47 Å². The molecule has 0 amide bonds. The molecule has 6 aromatic heterocycles. The van der Waals surface area contributed by atoms with Crippen molar-refractivity contribution in [3.8, 4) is 0 Å². The Kier molecular flexibility index (Phi) is 14.8. The predicted octanol–water partition coefficient (Wildman–Crippen LogP) is 7.93. The maximum Gasteiger partial charge on any atom is 0.215 e. The van der Waals surface area contributed by atoms with Crippen molar-refractivity contribution in [2.24, 2.45) is 0 Å². The van der Waals surface area contributed by atoms with Gasteiger partial charge < -0.3 is 59.3 Å². The van der Waals surface area contributed by atoms with Gasteiger partial charge in [0, 0.05) is 220 Å². The van der Waals surface area contributed by atoms with Crippen LogP contribution in [0.4, 0.5) is 0 Å². The third-order valence-corrected chi connectivity index (χ3v) is 19.9. The Morgan fingerprint density at radius 1 is 0.308 bits per heavy atom. The molecule has 660 valence electrons. The van der Waals surface area contributed by atoms with Crippen LogP contribution in [-0.4, -0.2) is 275 Å². The summed E-state index contributed by atoms with van der Waals surface area (Å²) in [6.07, 6.45) is -20.4. The van der Waals surface area contributed by atoms with Gasteiger partial charge in [-0.05, 0) is 304 Å². The minimum Gasteiger partial charge on any atom is -0.361 e. The van der Waals surface area contributed by atoms with Crippen molar-refractivity contribution in [3.63, 3.8) is 0 Å². The average Bonchev–Trinajstić information content (AvgIpc) is 1.48. The largest absolute Gasteiger partial charge is 0.361 e. The van der Waals surface area contributed by atoms with Gasteiger partial charge in [0.1, 0.15) is 4.24 Å². The highest BCUT2D eigenvalue weighted by molar-refractivity contribution is 7.90. The van der Waals surface area contributed by atoms with Gasteiger partial charge in [0.2, 0.25) is 60.1 Å². The lowest BCUT2D eigenvalue weighted by Gasteiger charge is -2.08. The number of hydrogen-bond acceptors (Lipinski definition) is 18. The van der Waals surface area contributed by atoms with Crippen LogP contribution in [0.5, 0.6) is 0 Å². The lowest BCUT2D eigenvalue weighted by atomic mass is 10.1. The Balaban J connectivity index is 0.000000302. The van der Waals surface area contributed by atoms with E-state index in [0.29, 0.717) is 9.95 Å². The quantitative estimate of drug-likeness (QED) is 0.0177. The number of nitrogens with one attached hydrogen (secondary N) is 12. The highest BCUT2D eigenvalue weighted by atomic mass is 32.2. The van der Waals surface area contributed by atoms with Crippen molar-refractivity contribution in [3.05, 3.63) is 213 Å². The van der Waals surface area contributed by atoms with Gasteiger partial charge in [-0.3, -0.25) is 0 Å². The number of sulfonamides is 6. The first-order valence-electron chi connectivity index (χ1n) is 67.4. The van der Waals surface area contributed by atoms with E-state index in [4.69, 9.17) is 94.8 Å². The summed E-state index contributed by atoms with van der Waals surface area (Å²) in [7, 11) is -19.1. The second-order valence-corrected chi connectivity index (χ2v) is 33.1. The van der Waals surface area contributed by atoms with E-state index in [1.807, 2.05) is 0 Å². The van der Waals surface area contributed by atoms with Gasteiger partial charge in [0.25, 0.3) is 0 Å². The summed E-state index contributed by atoms with van der Waals surface area (Å²) in [5, 5.41) is -1.12. The first-order chi connectivity index (χ1) is 83.5. The van der Waals surface area contributed by atoms with E-state index in [2.05, 4.69) is 15.0 Å². The van der Waals surface area contributed by atoms with Crippen LogP contribution in [0.3, 0.4) is 0 Å². The molecule has 30 nitrogen and oxygen atoms in total. The molecule has 12 aromatic rings. The molecule has 0 bridgehead atoms. The number of nitrogens with zero attached hydrogens (tertiary/aromatic N) is 6. The number of hydrogen-bond donors (Lipinski definition) is 12. The number of fused-ring (bicyclic) bond motifs is 6. The molecule has 6 heterocycles. The van der Waals surface area contributed by atoms with Crippen molar-refractivity contribution >= 4 is 126 Å². The smallest absolute Gasteiger partial charge is 0.215 e. The molecular formula is C84H126N18O12S6. The Morgan fingerprint density at radius 2 is 0.550 bits per heavy atom. The van der Waals surface area contributed by atoms with E-state index in [1.165, 1.54) is 59.6 Å². The number of aromatic amines is 6. The third kappa shape index (κ3) is 31.9. The third-order valence-electron chi connectivity index (χ3n) is 14.6. The molecule has 36 heteroatoms. The molecule has 0 aliphatic heterocycles. The van der Waals surface area contributed by atoms with Crippen molar-refractivity contribution in [1.29, 1.82) is 0 Å². The van der Waals surface area contributed by atoms with Gasteiger partial charge in [-0.25, -0.2) is 78.8 Å². The summed E-state index contributed by atoms with van der Waals surface area (Å²) in [5.74, 6) is 0. The summed E-state index contributed by atoms with van der Waals surface area (Å²) < 4.78 is 688. The van der Waals surface area contributed by atoms with Crippen LogP contribution >= 0.6 is 0 Å². The number of aromatic nitrogens is 6. The summed E-state index contributed by atoms with van der Waals surface area (Å²) in [6, 6.07) is 18.7. The molecule has 6 aromatic carbocycles.